The minimum Gasteiger partial charge on any atom is -0.363 e. The monoisotopic (exact) mass is 280 g/mol. The Morgan fingerprint density at radius 1 is 1.50 bits per heavy atom. The second-order valence-corrected chi connectivity index (χ2v) is 4.19. The third kappa shape index (κ3) is 2.30. The first-order valence-electron chi connectivity index (χ1n) is 4.63. The number of carbonyl (C=O) groups is 1. The van der Waals surface area contributed by atoms with Crippen LogP contribution in [-0.4, -0.2) is 11.1 Å². The summed E-state index contributed by atoms with van der Waals surface area (Å²) in [5, 5.41) is 6.17. The van der Waals surface area contributed by atoms with Crippen molar-refractivity contribution in [1.29, 1.82) is 0 Å². The summed E-state index contributed by atoms with van der Waals surface area (Å²) in [5.41, 5.74) is 2.21. The van der Waals surface area contributed by atoms with Gasteiger partial charge in [0, 0.05) is 10.0 Å². The van der Waals surface area contributed by atoms with Crippen LogP contribution in [0, 0.1) is 6.92 Å². The van der Waals surface area contributed by atoms with Gasteiger partial charge in [0.15, 0.2) is 0 Å². The first-order valence-corrected chi connectivity index (χ1v) is 5.43. The number of carbonyl (C=O) groups excluding carboxylic acids is 1. The van der Waals surface area contributed by atoms with Crippen molar-refractivity contribution in [3.8, 4) is 0 Å². The van der Waals surface area contributed by atoms with Crippen LogP contribution in [0.5, 0.6) is 0 Å². The van der Waals surface area contributed by atoms with Crippen LogP contribution < -0.4 is 5.32 Å². The fourth-order valence-electron chi connectivity index (χ4n) is 1.20. The maximum atomic E-state index is 11.8. The minimum absolute atomic E-state index is 0.191. The lowest BCUT2D eigenvalue weighted by molar-refractivity contribution is 0.102. The molecule has 0 aliphatic rings. The Kier molecular flexibility index (Phi) is 3.05. The molecule has 82 valence electrons. The molecule has 0 radical (unpaired) electrons. The number of hydrogen-bond acceptors (Lipinski definition) is 3. The molecule has 5 heteroatoms. The van der Waals surface area contributed by atoms with Crippen molar-refractivity contribution < 1.29 is 9.32 Å². The van der Waals surface area contributed by atoms with Crippen LogP contribution in [-0.2, 0) is 0 Å². The summed E-state index contributed by atoms with van der Waals surface area (Å²) in [4.78, 5) is 11.8. The van der Waals surface area contributed by atoms with E-state index in [0.717, 1.165) is 10.0 Å². The molecule has 0 unspecified atom stereocenters. The van der Waals surface area contributed by atoms with Gasteiger partial charge in [-0.05, 0) is 24.6 Å². The van der Waals surface area contributed by atoms with Crippen molar-refractivity contribution in [1.82, 2.24) is 5.16 Å². The molecule has 0 saturated heterocycles. The Bertz CT molecular complexity index is 509. The standard InChI is InChI=1S/C11H9BrN2O2/c1-7-2-3-8(4-10(7)12)11(15)14-9-5-13-16-6-9/h2-6H,1H3,(H,14,15). The number of nitrogens with zero attached hydrogens (tertiary/aromatic N) is 1. The average molecular weight is 281 g/mol. The lowest BCUT2D eigenvalue weighted by atomic mass is 10.1. The first kappa shape index (κ1) is 10.9. The predicted molar refractivity (Wildman–Crippen MR) is 63.3 cm³/mol. The highest BCUT2D eigenvalue weighted by atomic mass is 79.9. The Hall–Kier alpha value is -1.62. The summed E-state index contributed by atoms with van der Waals surface area (Å²) >= 11 is 3.38. The lowest BCUT2D eigenvalue weighted by Crippen LogP contribution is -2.11. The number of aryl methyl sites for hydroxylation is 1. The number of nitrogens with one attached hydrogen (secondary N) is 1. The molecule has 2 aromatic rings. The van der Waals surface area contributed by atoms with E-state index in [-0.39, 0.29) is 5.91 Å². The van der Waals surface area contributed by atoms with Crippen molar-refractivity contribution in [2.24, 2.45) is 0 Å². The van der Waals surface area contributed by atoms with Gasteiger partial charge in [-0.15, -0.1) is 0 Å². The van der Waals surface area contributed by atoms with E-state index < -0.39 is 0 Å². The van der Waals surface area contributed by atoms with E-state index in [1.165, 1.54) is 12.5 Å². The summed E-state index contributed by atoms with van der Waals surface area (Å²) < 4.78 is 5.53. The number of aromatic nitrogens is 1. The smallest absolute Gasteiger partial charge is 0.255 e. The van der Waals surface area contributed by atoms with Gasteiger partial charge >= 0.3 is 0 Å². The van der Waals surface area contributed by atoms with Gasteiger partial charge in [-0.25, -0.2) is 0 Å². The molecule has 16 heavy (non-hydrogen) atoms. The molecule has 1 aromatic heterocycles. The number of anilines is 1. The Balaban J connectivity index is 2.18. The largest absolute Gasteiger partial charge is 0.363 e. The average Bonchev–Trinajstić information content (AvgIpc) is 2.74. The molecule has 2 rings (SSSR count). The molecular formula is C11H9BrN2O2. The molecule has 0 fully saturated rings. The summed E-state index contributed by atoms with van der Waals surface area (Å²) in [7, 11) is 0. The molecule has 0 aliphatic carbocycles. The van der Waals surface area contributed by atoms with Gasteiger partial charge in [-0.1, -0.05) is 27.2 Å². The SMILES string of the molecule is Cc1ccc(C(=O)Nc2cnoc2)cc1Br. The van der Waals surface area contributed by atoms with Crippen LogP contribution in [0.1, 0.15) is 15.9 Å². The summed E-state index contributed by atoms with van der Waals surface area (Å²) in [6.45, 7) is 1.96. The number of benzene rings is 1. The second kappa shape index (κ2) is 4.49. The zero-order chi connectivity index (χ0) is 11.5. The van der Waals surface area contributed by atoms with Crippen molar-refractivity contribution >= 4 is 27.5 Å². The van der Waals surface area contributed by atoms with Gasteiger partial charge in [-0.2, -0.15) is 0 Å². The van der Waals surface area contributed by atoms with Crippen LogP contribution in [0.25, 0.3) is 0 Å². The quantitative estimate of drug-likeness (QED) is 0.920. The highest BCUT2D eigenvalue weighted by molar-refractivity contribution is 9.10. The van der Waals surface area contributed by atoms with Gasteiger partial charge in [-0.3, -0.25) is 4.79 Å². The van der Waals surface area contributed by atoms with Gasteiger partial charge in [0.25, 0.3) is 5.91 Å². The summed E-state index contributed by atoms with van der Waals surface area (Å²) in [5.74, 6) is -0.191. The Labute approximate surface area is 101 Å². The molecule has 1 amide bonds. The highest BCUT2D eigenvalue weighted by Crippen LogP contribution is 2.18. The molecule has 0 saturated carbocycles. The van der Waals surface area contributed by atoms with E-state index in [4.69, 9.17) is 0 Å². The lowest BCUT2D eigenvalue weighted by Gasteiger charge is -2.03. The Morgan fingerprint density at radius 3 is 2.94 bits per heavy atom. The third-order valence-electron chi connectivity index (χ3n) is 2.12. The fourth-order valence-corrected chi connectivity index (χ4v) is 1.58. The van der Waals surface area contributed by atoms with Crippen molar-refractivity contribution in [2.75, 3.05) is 5.32 Å². The van der Waals surface area contributed by atoms with E-state index in [9.17, 15) is 4.79 Å². The molecule has 0 atom stereocenters. The van der Waals surface area contributed by atoms with Gasteiger partial charge in [0.05, 0.1) is 6.20 Å². The summed E-state index contributed by atoms with van der Waals surface area (Å²) in [6.07, 6.45) is 2.82. The van der Waals surface area contributed by atoms with E-state index in [0.29, 0.717) is 11.3 Å². The zero-order valence-electron chi connectivity index (χ0n) is 8.53. The number of amides is 1. The van der Waals surface area contributed by atoms with E-state index in [1.54, 1.807) is 12.1 Å². The first-order chi connectivity index (χ1) is 7.66. The van der Waals surface area contributed by atoms with Gasteiger partial charge < -0.3 is 9.84 Å². The molecule has 1 aromatic carbocycles. The minimum atomic E-state index is -0.191. The maximum absolute atomic E-state index is 11.8. The topological polar surface area (TPSA) is 55.1 Å². The highest BCUT2D eigenvalue weighted by Gasteiger charge is 2.08. The van der Waals surface area contributed by atoms with Crippen LogP contribution in [0.2, 0.25) is 0 Å². The molecule has 1 N–H and O–H groups in total. The molecule has 0 spiro atoms. The zero-order valence-corrected chi connectivity index (χ0v) is 10.1. The molecule has 4 nitrogen and oxygen atoms in total. The normalized spacial score (nSPS) is 10.1. The van der Waals surface area contributed by atoms with E-state index in [2.05, 4.69) is 30.9 Å². The Morgan fingerprint density at radius 2 is 2.31 bits per heavy atom. The van der Waals surface area contributed by atoms with Crippen LogP contribution in [0.4, 0.5) is 5.69 Å². The van der Waals surface area contributed by atoms with E-state index >= 15 is 0 Å². The van der Waals surface area contributed by atoms with Crippen molar-refractivity contribution in [3.63, 3.8) is 0 Å². The van der Waals surface area contributed by atoms with Crippen molar-refractivity contribution in [2.45, 2.75) is 6.92 Å². The van der Waals surface area contributed by atoms with Crippen molar-refractivity contribution in [3.05, 3.63) is 46.3 Å². The molecule has 1 heterocycles. The predicted octanol–water partition coefficient (Wildman–Crippen LogP) is 3.00. The van der Waals surface area contributed by atoms with Gasteiger partial charge in [0.1, 0.15) is 12.0 Å². The second-order valence-electron chi connectivity index (χ2n) is 3.33. The fraction of sp³-hybridized carbons (Fsp3) is 0.0909. The van der Waals surface area contributed by atoms with Crippen LogP contribution >= 0.6 is 15.9 Å². The maximum Gasteiger partial charge on any atom is 0.255 e. The van der Waals surface area contributed by atoms with E-state index in [1.807, 2.05) is 13.0 Å². The summed E-state index contributed by atoms with van der Waals surface area (Å²) in [6, 6.07) is 5.42. The number of hydrogen-bond donors (Lipinski definition) is 1. The number of rotatable bonds is 2. The molecule has 0 bridgehead atoms. The number of halogens is 1. The third-order valence-corrected chi connectivity index (χ3v) is 2.98. The molecule has 0 aliphatic heterocycles. The molecular weight excluding hydrogens is 272 g/mol. The van der Waals surface area contributed by atoms with Gasteiger partial charge in [0.2, 0.25) is 0 Å². The van der Waals surface area contributed by atoms with Crippen LogP contribution in [0.15, 0.2) is 39.7 Å². The van der Waals surface area contributed by atoms with Crippen LogP contribution in [0.3, 0.4) is 0 Å².